The standard InChI is InChI=1S/C20H25NO2/c1-16-4-6-18(7-5-16)15-23-19-10-8-17(9-11-19)13-21-14-20-3-2-12-22-20/h4-11,20-21H,2-3,12-15H2,1H3/t20-/m1/s1. The van der Waals surface area contributed by atoms with Crippen LogP contribution >= 0.6 is 0 Å². The van der Waals surface area contributed by atoms with Crippen LogP contribution < -0.4 is 10.1 Å². The van der Waals surface area contributed by atoms with E-state index >= 15 is 0 Å². The van der Waals surface area contributed by atoms with Crippen molar-refractivity contribution in [2.24, 2.45) is 0 Å². The Balaban J connectivity index is 1.42. The molecule has 1 saturated heterocycles. The Morgan fingerprint density at radius 3 is 2.48 bits per heavy atom. The third-order valence-corrected chi connectivity index (χ3v) is 4.17. The van der Waals surface area contributed by atoms with Crippen LogP contribution in [0.3, 0.4) is 0 Å². The van der Waals surface area contributed by atoms with Gasteiger partial charge in [0.25, 0.3) is 0 Å². The van der Waals surface area contributed by atoms with Crippen LogP contribution in [0, 0.1) is 6.92 Å². The maximum atomic E-state index is 5.83. The quantitative estimate of drug-likeness (QED) is 0.842. The lowest BCUT2D eigenvalue weighted by atomic mass is 10.2. The van der Waals surface area contributed by atoms with E-state index in [2.05, 4.69) is 48.6 Å². The summed E-state index contributed by atoms with van der Waals surface area (Å²) in [5.41, 5.74) is 3.73. The van der Waals surface area contributed by atoms with Gasteiger partial charge in [0.1, 0.15) is 12.4 Å². The summed E-state index contributed by atoms with van der Waals surface area (Å²) in [6.07, 6.45) is 2.77. The van der Waals surface area contributed by atoms with Crippen molar-refractivity contribution in [1.82, 2.24) is 5.32 Å². The predicted molar refractivity (Wildman–Crippen MR) is 92.6 cm³/mol. The molecular weight excluding hydrogens is 286 g/mol. The van der Waals surface area contributed by atoms with Crippen LogP contribution in [-0.2, 0) is 17.9 Å². The van der Waals surface area contributed by atoms with Gasteiger partial charge in [-0.15, -0.1) is 0 Å². The largest absolute Gasteiger partial charge is 0.489 e. The normalized spacial score (nSPS) is 17.3. The second-order valence-electron chi connectivity index (χ2n) is 6.18. The van der Waals surface area contributed by atoms with E-state index in [9.17, 15) is 0 Å². The van der Waals surface area contributed by atoms with E-state index < -0.39 is 0 Å². The van der Waals surface area contributed by atoms with E-state index in [-0.39, 0.29) is 0 Å². The number of aryl methyl sites for hydroxylation is 1. The van der Waals surface area contributed by atoms with Gasteiger partial charge >= 0.3 is 0 Å². The lowest BCUT2D eigenvalue weighted by Gasteiger charge is -2.11. The molecule has 2 aromatic rings. The first-order chi connectivity index (χ1) is 11.3. The molecule has 1 atom stereocenters. The maximum Gasteiger partial charge on any atom is 0.119 e. The van der Waals surface area contributed by atoms with Crippen LogP contribution in [0.2, 0.25) is 0 Å². The SMILES string of the molecule is Cc1ccc(COc2ccc(CNC[C@H]3CCCO3)cc2)cc1. The van der Waals surface area contributed by atoms with Crippen LogP contribution in [0.25, 0.3) is 0 Å². The third kappa shape index (κ3) is 5.08. The zero-order chi connectivity index (χ0) is 15.9. The molecule has 0 spiro atoms. The number of benzene rings is 2. The molecule has 0 radical (unpaired) electrons. The van der Waals surface area contributed by atoms with Crippen molar-refractivity contribution in [2.45, 2.75) is 39.0 Å². The van der Waals surface area contributed by atoms with E-state index in [0.717, 1.165) is 25.4 Å². The van der Waals surface area contributed by atoms with Crippen molar-refractivity contribution in [3.63, 3.8) is 0 Å². The summed E-state index contributed by atoms with van der Waals surface area (Å²) in [5.74, 6) is 0.911. The molecule has 2 aromatic carbocycles. The lowest BCUT2D eigenvalue weighted by Crippen LogP contribution is -2.25. The molecule has 1 fully saturated rings. The minimum absolute atomic E-state index is 0.395. The number of hydrogen-bond acceptors (Lipinski definition) is 3. The van der Waals surface area contributed by atoms with Crippen molar-refractivity contribution in [2.75, 3.05) is 13.2 Å². The Morgan fingerprint density at radius 1 is 1.04 bits per heavy atom. The maximum absolute atomic E-state index is 5.83. The summed E-state index contributed by atoms with van der Waals surface area (Å²) in [5, 5.41) is 3.46. The minimum Gasteiger partial charge on any atom is -0.489 e. The van der Waals surface area contributed by atoms with Crippen LogP contribution in [0.4, 0.5) is 0 Å². The lowest BCUT2D eigenvalue weighted by molar-refractivity contribution is 0.110. The fourth-order valence-electron chi connectivity index (χ4n) is 2.74. The van der Waals surface area contributed by atoms with Crippen molar-refractivity contribution < 1.29 is 9.47 Å². The van der Waals surface area contributed by atoms with Crippen molar-refractivity contribution in [1.29, 1.82) is 0 Å². The first-order valence-electron chi connectivity index (χ1n) is 8.39. The van der Waals surface area contributed by atoms with Crippen LogP contribution in [0.15, 0.2) is 48.5 Å². The summed E-state index contributed by atoms with van der Waals surface area (Å²) in [6, 6.07) is 16.8. The van der Waals surface area contributed by atoms with Gasteiger partial charge in [-0.25, -0.2) is 0 Å². The molecule has 1 N–H and O–H groups in total. The van der Waals surface area contributed by atoms with E-state index in [1.54, 1.807) is 0 Å². The molecule has 0 unspecified atom stereocenters. The molecule has 0 amide bonds. The molecule has 0 saturated carbocycles. The molecule has 0 aliphatic carbocycles. The minimum atomic E-state index is 0.395. The van der Waals surface area contributed by atoms with Crippen molar-refractivity contribution in [3.05, 3.63) is 65.2 Å². The van der Waals surface area contributed by atoms with Gasteiger partial charge in [-0.1, -0.05) is 42.0 Å². The van der Waals surface area contributed by atoms with Crippen LogP contribution in [-0.4, -0.2) is 19.3 Å². The van der Waals surface area contributed by atoms with Crippen molar-refractivity contribution >= 4 is 0 Å². The molecule has 0 bridgehead atoms. The fraction of sp³-hybridized carbons (Fsp3) is 0.400. The summed E-state index contributed by atoms with van der Waals surface area (Å²) < 4.78 is 11.4. The number of rotatable bonds is 7. The highest BCUT2D eigenvalue weighted by molar-refractivity contribution is 5.28. The van der Waals surface area contributed by atoms with Gasteiger partial charge in [0.15, 0.2) is 0 Å². The molecule has 23 heavy (non-hydrogen) atoms. The zero-order valence-electron chi connectivity index (χ0n) is 13.8. The van der Waals surface area contributed by atoms with Crippen LogP contribution in [0.1, 0.15) is 29.5 Å². The highest BCUT2D eigenvalue weighted by Gasteiger charge is 2.14. The fourth-order valence-corrected chi connectivity index (χ4v) is 2.74. The van der Waals surface area contributed by atoms with Crippen molar-refractivity contribution in [3.8, 4) is 5.75 Å². The molecule has 3 heteroatoms. The van der Waals surface area contributed by atoms with E-state index in [1.807, 2.05) is 12.1 Å². The van der Waals surface area contributed by atoms with Gasteiger partial charge in [-0.2, -0.15) is 0 Å². The predicted octanol–water partition coefficient (Wildman–Crippen LogP) is 3.84. The zero-order valence-corrected chi connectivity index (χ0v) is 13.8. The van der Waals surface area contributed by atoms with Gasteiger partial charge in [-0.05, 0) is 43.0 Å². The highest BCUT2D eigenvalue weighted by atomic mass is 16.5. The molecular formula is C20H25NO2. The van der Waals surface area contributed by atoms with Gasteiger partial charge < -0.3 is 14.8 Å². The monoisotopic (exact) mass is 311 g/mol. The summed E-state index contributed by atoms with van der Waals surface area (Å²) in [7, 11) is 0. The second kappa shape index (κ2) is 8.14. The van der Waals surface area contributed by atoms with Gasteiger partial charge in [-0.3, -0.25) is 0 Å². The Morgan fingerprint density at radius 2 is 1.78 bits per heavy atom. The van der Waals surface area contributed by atoms with Crippen LogP contribution in [0.5, 0.6) is 5.75 Å². The smallest absolute Gasteiger partial charge is 0.119 e. The van der Waals surface area contributed by atoms with E-state index in [1.165, 1.54) is 29.5 Å². The summed E-state index contributed by atoms with van der Waals surface area (Å²) in [4.78, 5) is 0. The first kappa shape index (κ1) is 16.0. The molecule has 122 valence electrons. The number of hydrogen-bond donors (Lipinski definition) is 1. The Kier molecular flexibility index (Phi) is 5.67. The highest BCUT2D eigenvalue weighted by Crippen LogP contribution is 2.15. The topological polar surface area (TPSA) is 30.5 Å². The van der Waals surface area contributed by atoms with E-state index in [4.69, 9.17) is 9.47 Å². The Bertz CT molecular complexity index is 586. The molecule has 1 aliphatic heterocycles. The van der Waals surface area contributed by atoms with Gasteiger partial charge in [0.05, 0.1) is 6.10 Å². The van der Waals surface area contributed by atoms with Gasteiger partial charge in [0.2, 0.25) is 0 Å². The Labute approximate surface area is 138 Å². The summed E-state index contributed by atoms with van der Waals surface area (Å²) in [6.45, 7) is 5.43. The molecule has 3 nitrogen and oxygen atoms in total. The molecule has 0 aromatic heterocycles. The number of nitrogens with one attached hydrogen (secondary N) is 1. The molecule has 1 heterocycles. The number of ether oxygens (including phenoxy) is 2. The van der Waals surface area contributed by atoms with Gasteiger partial charge in [0, 0.05) is 19.7 Å². The summed E-state index contributed by atoms with van der Waals surface area (Å²) >= 11 is 0. The molecule has 1 aliphatic rings. The molecule has 3 rings (SSSR count). The first-order valence-corrected chi connectivity index (χ1v) is 8.39. The third-order valence-electron chi connectivity index (χ3n) is 4.17. The average Bonchev–Trinajstić information content (AvgIpc) is 3.09. The average molecular weight is 311 g/mol. The Hall–Kier alpha value is -1.84. The van der Waals surface area contributed by atoms with E-state index in [0.29, 0.717) is 12.7 Å². The second-order valence-corrected chi connectivity index (χ2v) is 6.18.